The Bertz CT molecular complexity index is 362. The summed E-state index contributed by atoms with van der Waals surface area (Å²) in [7, 11) is 0. The minimum Gasteiger partial charge on any atom is -0.395 e. The molecule has 1 aromatic carbocycles. The summed E-state index contributed by atoms with van der Waals surface area (Å²) < 4.78 is 6.43. The van der Waals surface area contributed by atoms with E-state index in [0.717, 1.165) is 10.0 Å². The summed E-state index contributed by atoms with van der Waals surface area (Å²) in [6.45, 7) is 4.25. The zero-order chi connectivity index (χ0) is 13.6. The molecule has 0 aliphatic carbocycles. The van der Waals surface area contributed by atoms with Crippen molar-refractivity contribution in [3.8, 4) is 0 Å². The van der Waals surface area contributed by atoms with Crippen LogP contribution in [0.5, 0.6) is 0 Å². The van der Waals surface area contributed by atoms with Crippen LogP contribution in [0.1, 0.15) is 25.8 Å². The van der Waals surface area contributed by atoms with Gasteiger partial charge in [-0.15, -0.1) is 0 Å². The summed E-state index contributed by atoms with van der Waals surface area (Å²) in [6, 6.07) is 7.66. The molecule has 102 valence electrons. The van der Waals surface area contributed by atoms with Gasteiger partial charge in [0.25, 0.3) is 0 Å². The van der Waals surface area contributed by atoms with Crippen LogP contribution in [0.4, 0.5) is 0 Å². The number of halogens is 1. The Morgan fingerprint density at radius 3 is 2.33 bits per heavy atom. The summed E-state index contributed by atoms with van der Waals surface area (Å²) in [5, 5.41) is 19.4. The number of rotatable bonds is 7. The molecule has 0 amide bonds. The van der Waals surface area contributed by atoms with Gasteiger partial charge in [-0.3, -0.25) is 0 Å². The van der Waals surface area contributed by atoms with Gasteiger partial charge in [0.15, 0.2) is 0 Å². The first-order chi connectivity index (χ1) is 8.55. The van der Waals surface area contributed by atoms with Gasteiger partial charge < -0.3 is 14.9 Å². The normalized spacial score (nSPS) is 12.1. The van der Waals surface area contributed by atoms with E-state index in [4.69, 9.17) is 4.74 Å². The zero-order valence-electron chi connectivity index (χ0n) is 10.9. The van der Waals surface area contributed by atoms with Crippen LogP contribution < -0.4 is 0 Å². The standard InChI is InChI=1S/C14H21BrO3/c1-11(2)18-8-7-14(9-16,10-17)12-5-3-4-6-13(12)15/h3-6,11,16-17H,7-10H2,1-2H3. The highest BCUT2D eigenvalue weighted by atomic mass is 79.9. The second kappa shape index (κ2) is 7.24. The molecule has 0 heterocycles. The maximum atomic E-state index is 9.68. The van der Waals surface area contributed by atoms with E-state index >= 15 is 0 Å². The van der Waals surface area contributed by atoms with Gasteiger partial charge in [-0.05, 0) is 31.9 Å². The molecular formula is C14H21BrO3. The monoisotopic (exact) mass is 316 g/mol. The smallest absolute Gasteiger partial charge is 0.0551 e. The lowest BCUT2D eigenvalue weighted by Crippen LogP contribution is -2.36. The Morgan fingerprint density at radius 1 is 1.22 bits per heavy atom. The van der Waals surface area contributed by atoms with E-state index in [0.29, 0.717) is 13.0 Å². The maximum absolute atomic E-state index is 9.68. The van der Waals surface area contributed by atoms with Crippen LogP contribution in [-0.4, -0.2) is 36.1 Å². The van der Waals surface area contributed by atoms with Crippen LogP contribution in [-0.2, 0) is 10.2 Å². The highest BCUT2D eigenvalue weighted by Gasteiger charge is 2.32. The van der Waals surface area contributed by atoms with E-state index < -0.39 is 5.41 Å². The lowest BCUT2D eigenvalue weighted by atomic mass is 9.79. The van der Waals surface area contributed by atoms with E-state index in [1.165, 1.54) is 0 Å². The molecule has 0 aliphatic heterocycles. The van der Waals surface area contributed by atoms with Gasteiger partial charge in [0.05, 0.1) is 19.3 Å². The molecule has 0 fully saturated rings. The molecule has 1 aromatic rings. The van der Waals surface area contributed by atoms with Crippen LogP contribution >= 0.6 is 15.9 Å². The molecule has 1 rings (SSSR count). The average Bonchev–Trinajstić information content (AvgIpc) is 2.36. The largest absolute Gasteiger partial charge is 0.395 e. The quantitative estimate of drug-likeness (QED) is 0.812. The molecule has 0 aromatic heterocycles. The van der Waals surface area contributed by atoms with Crippen LogP contribution in [0.2, 0.25) is 0 Å². The topological polar surface area (TPSA) is 49.7 Å². The Hall–Kier alpha value is -0.420. The molecule has 0 saturated carbocycles. The third-order valence-corrected chi connectivity index (χ3v) is 3.77. The molecule has 3 nitrogen and oxygen atoms in total. The van der Waals surface area contributed by atoms with Crippen LogP contribution in [0, 0.1) is 0 Å². The van der Waals surface area contributed by atoms with Gasteiger partial charge >= 0.3 is 0 Å². The fourth-order valence-corrected chi connectivity index (χ4v) is 2.60. The zero-order valence-corrected chi connectivity index (χ0v) is 12.5. The van der Waals surface area contributed by atoms with Crippen molar-refractivity contribution < 1.29 is 14.9 Å². The van der Waals surface area contributed by atoms with Crippen LogP contribution in [0.25, 0.3) is 0 Å². The predicted molar refractivity (Wildman–Crippen MR) is 75.7 cm³/mol. The molecule has 0 radical (unpaired) electrons. The lowest BCUT2D eigenvalue weighted by molar-refractivity contribution is 0.0361. The highest BCUT2D eigenvalue weighted by Crippen LogP contribution is 2.33. The van der Waals surface area contributed by atoms with Gasteiger partial charge in [-0.1, -0.05) is 34.1 Å². The van der Waals surface area contributed by atoms with Gasteiger partial charge in [-0.25, -0.2) is 0 Å². The maximum Gasteiger partial charge on any atom is 0.0551 e. The summed E-state index contributed by atoms with van der Waals surface area (Å²) in [6.07, 6.45) is 0.736. The molecule has 0 aliphatic rings. The van der Waals surface area contributed by atoms with Crippen molar-refractivity contribution in [1.29, 1.82) is 0 Å². The summed E-state index contributed by atoms with van der Waals surface area (Å²) in [5.74, 6) is 0. The Morgan fingerprint density at radius 2 is 1.83 bits per heavy atom. The lowest BCUT2D eigenvalue weighted by Gasteiger charge is -2.31. The highest BCUT2D eigenvalue weighted by molar-refractivity contribution is 9.10. The van der Waals surface area contributed by atoms with Crippen molar-refractivity contribution in [1.82, 2.24) is 0 Å². The summed E-state index contributed by atoms with van der Waals surface area (Å²) in [5.41, 5.74) is 0.261. The predicted octanol–water partition coefficient (Wildman–Crippen LogP) is 2.49. The van der Waals surface area contributed by atoms with E-state index in [1.54, 1.807) is 0 Å². The third kappa shape index (κ3) is 3.79. The number of benzene rings is 1. The number of hydrogen-bond acceptors (Lipinski definition) is 3. The Kier molecular flexibility index (Phi) is 6.29. The summed E-state index contributed by atoms with van der Waals surface area (Å²) >= 11 is 3.47. The fourth-order valence-electron chi connectivity index (χ4n) is 1.89. The van der Waals surface area contributed by atoms with Gasteiger partial charge in [0.1, 0.15) is 0 Å². The van der Waals surface area contributed by atoms with Crippen molar-refractivity contribution in [2.45, 2.75) is 31.8 Å². The van der Waals surface area contributed by atoms with Crippen LogP contribution in [0.15, 0.2) is 28.7 Å². The van der Waals surface area contributed by atoms with Crippen LogP contribution in [0.3, 0.4) is 0 Å². The van der Waals surface area contributed by atoms with Gasteiger partial charge in [0, 0.05) is 16.5 Å². The molecule has 0 spiro atoms. The minimum absolute atomic E-state index is 0.104. The van der Waals surface area contributed by atoms with Crippen molar-refractivity contribution in [2.75, 3.05) is 19.8 Å². The molecule has 0 bridgehead atoms. The van der Waals surface area contributed by atoms with E-state index in [-0.39, 0.29) is 19.3 Å². The van der Waals surface area contributed by atoms with Gasteiger partial charge in [-0.2, -0.15) is 0 Å². The first-order valence-corrected chi connectivity index (χ1v) is 6.93. The van der Waals surface area contributed by atoms with Crippen molar-refractivity contribution in [3.05, 3.63) is 34.3 Å². The van der Waals surface area contributed by atoms with E-state index in [2.05, 4.69) is 15.9 Å². The SMILES string of the molecule is CC(C)OCCC(CO)(CO)c1ccccc1Br. The summed E-state index contributed by atoms with van der Waals surface area (Å²) in [4.78, 5) is 0. The number of hydrogen-bond donors (Lipinski definition) is 2. The van der Waals surface area contributed by atoms with Gasteiger partial charge in [0.2, 0.25) is 0 Å². The first-order valence-electron chi connectivity index (χ1n) is 6.14. The first kappa shape index (κ1) is 15.6. The number of aliphatic hydroxyl groups excluding tert-OH is 2. The Balaban J connectivity index is 2.89. The van der Waals surface area contributed by atoms with Crippen molar-refractivity contribution in [2.24, 2.45) is 0 Å². The molecule has 2 N–H and O–H groups in total. The third-order valence-electron chi connectivity index (χ3n) is 3.08. The Labute approximate surface area is 117 Å². The molecule has 0 unspecified atom stereocenters. The number of aliphatic hydroxyl groups is 2. The van der Waals surface area contributed by atoms with E-state index in [1.807, 2.05) is 38.1 Å². The molecule has 18 heavy (non-hydrogen) atoms. The molecule has 4 heteroatoms. The second-order valence-corrected chi connectivity index (χ2v) is 5.60. The fraction of sp³-hybridized carbons (Fsp3) is 0.571. The molecule has 0 saturated heterocycles. The second-order valence-electron chi connectivity index (χ2n) is 4.75. The average molecular weight is 317 g/mol. The van der Waals surface area contributed by atoms with Crippen molar-refractivity contribution >= 4 is 15.9 Å². The molecular weight excluding hydrogens is 296 g/mol. The van der Waals surface area contributed by atoms with E-state index in [9.17, 15) is 10.2 Å². The minimum atomic E-state index is -0.658. The van der Waals surface area contributed by atoms with Crippen molar-refractivity contribution in [3.63, 3.8) is 0 Å². The number of ether oxygens (including phenoxy) is 1. The molecule has 0 atom stereocenters.